The van der Waals surface area contributed by atoms with Crippen LogP contribution in [0.15, 0.2) is 24.3 Å². The second-order valence-corrected chi connectivity index (χ2v) is 7.90. The van der Waals surface area contributed by atoms with Crippen LogP contribution < -0.4 is 5.32 Å². The number of hydrogen-bond acceptors (Lipinski definition) is 4. The summed E-state index contributed by atoms with van der Waals surface area (Å²) in [5, 5.41) is 4.78. The van der Waals surface area contributed by atoms with Gasteiger partial charge in [-0.05, 0) is 55.9 Å². The van der Waals surface area contributed by atoms with Gasteiger partial charge < -0.3 is 5.32 Å². The highest BCUT2D eigenvalue weighted by Gasteiger charge is 2.19. The molecule has 0 saturated carbocycles. The van der Waals surface area contributed by atoms with E-state index in [1.807, 2.05) is 11.3 Å². The first-order chi connectivity index (χ1) is 9.85. The number of thiazole rings is 1. The molecule has 108 valence electrons. The number of rotatable bonds is 5. The normalized spacial score (nSPS) is 18.4. The smallest absolute Gasteiger partial charge is 0.0954 e. The van der Waals surface area contributed by atoms with Gasteiger partial charge in [0.2, 0.25) is 0 Å². The van der Waals surface area contributed by atoms with Crippen molar-refractivity contribution in [3.63, 3.8) is 0 Å². The molecule has 1 aliphatic heterocycles. The minimum Gasteiger partial charge on any atom is -0.317 e. The molecule has 1 fully saturated rings. The molecule has 1 saturated heterocycles. The standard InChI is InChI=1S/C16H22N2S2/c1-17-13(10-12-6-8-19-9-7-12)11-16-18-14-4-2-3-5-15(14)20-16/h2-5,12-13,17H,6-11H2,1H3. The van der Waals surface area contributed by atoms with E-state index in [9.17, 15) is 0 Å². The summed E-state index contributed by atoms with van der Waals surface area (Å²) in [6.45, 7) is 0. The highest BCUT2D eigenvalue weighted by molar-refractivity contribution is 7.99. The minimum atomic E-state index is 0.573. The van der Waals surface area contributed by atoms with Gasteiger partial charge in [0.1, 0.15) is 0 Å². The first kappa shape index (κ1) is 14.4. The van der Waals surface area contributed by atoms with Crippen LogP contribution in [0.25, 0.3) is 10.2 Å². The maximum atomic E-state index is 4.77. The second-order valence-electron chi connectivity index (χ2n) is 5.56. The van der Waals surface area contributed by atoms with Crippen LogP contribution in [0.5, 0.6) is 0 Å². The summed E-state index contributed by atoms with van der Waals surface area (Å²) in [6.07, 6.45) is 5.15. The van der Waals surface area contributed by atoms with Crippen molar-refractivity contribution in [2.45, 2.75) is 31.7 Å². The fourth-order valence-corrected chi connectivity index (χ4v) is 5.16. The number of aromatic nitrogens is 1. The van der Waals surface area contributed by atoms with Gasteiger partial charge in [-0.25, -0.2) is 4.98 Å². The van der Waals surface area contributed by atoms with Crippen LogP contribution in [0.1, 0.15) is 24.3 Å². The summed E-state index contributed by atoms with van der Waals surface area (Å²) in [5.74, 6) is 3.60. The van der Waals surface area contributed by atoms with Crippen LogP contribution in [0.4, 0.5) is 0 Å². The van der Waals surface area contributed by atoms with Gasteiger partial charge in [0, 0.05) is 12.5 Å². The third-order valence-electron chi connectivity index (χ3n) is 4.13. The third-order valence-corrected chi connectivity index (χ3v) is 6.23. The number of benzene rings is 1. The molecule has 3 rings (SSSR count). The summed E-state index contributed by atoms with van der Waals surface area (Å²) in [6, 6.07) is 9.02. The summed E-state index contributed by atoms with van der Waals surface area (Å²) in [7, 11) is 2.09. The van der Waals surface area contributed by atoms with E-state index < -0.39 is 0 Å². The van der Waals surface area contributed by atoms with Crippen LogP contribution in [0.3, 0.4) is 0 Å². The molecule has 2 heterocycles. The Labute approximate surface area is 129 Å². The molecule has 1 unspecified atom stereocenters. The average Bonchev–Trinajstić information content (AvgIpc) is 2.90. The molecular weight excluding hydrogens is 284 g/mol. The summed E-state index contributed by atoms with van der Waals surface area (Å²) in [4.78, 5) is 4.77. The van der Waals surface area contributed by atoms with Crippen molar-refractivity contribution in [1.29, 1.82) is 0 Å². The van der Waals surface area contributed by atoms with Crippen LogP contribution in [-0.2, 0) is 6.42 Å². The number of fused-ring (bicyclic) bond motifs is 1. The maximum Gasteiger partial charge on any atom is 0.0954 e. The Morgan fingerprint density at radius 2 is 2.10 bits per heavy atom. The quantitative estimate of drug-likeness (QED) is 0.905. The Kier molecular flexibility index (Phi) is 4.97. The Balaban J connectivity index is 1.64. The van der Waals surface area contributed by atoms with Crippen LogP contribution in [-0.4, -0.2) is 29.6 Å². The highest BCUT2D eigenvalue weighted by atomic mass is 32.2. The lowest BCUT2D eigenvalue weighted by Gasteiger charge is -2.25. The van der Waals surface area contributed by atoms with E-state index in [-0.39, 0.29) is 0 Å². The van der Waals surface area contributed by atoms with Gasteiger partial charge in [-0.3, -0.25) is 0 Å². The third kappa shape index (κ3) is 3.54. The monoisotopic (exact) mass is 306 g/mol. The highest BCUT2D eigenvalue weighted by Crippen LogP contribution is 2.28. The molecule has 1 atom stereocenters. The molecule has 4 heteroatoms. The van der Waals surface area contributed by atoms with Gasteiger partial charge in [-0.15, -0.1) is 11.3 Å². The molecule has 1 aromatic carbocycles. The topological polar surface area (TPSA) is 24.9 Å². The molecule has 1 aromatic heterocycles. The van der Waals surface area contributed by atoms with E-state index in [1.165, 1.54) is 40.5 Å². The zero-order valence-electron chi connectivity index (χ0n) is 12.0. The summed E-state index contributed by atoms with van der Waals surface area (Å²) >= 11 is 3.96. The first-order valence-electron chi connectivity index (χ1n) is 7.44. The van der Waals surface area contributed by atoms with Crippen molar-refractivity contribution in [2.24, 2.45) is 5.92 Å². The van der Waals surface area contributed by atoms with E-state index in [0.717, 1.165) is 17.9 Å². The van der Waals surface area contributed by atoms with E-state index in [1.54, 1.807) is 0 Å². The Morgan fingerprint density at radius 1 is 1.30 bits per heavy atom. The largest absolute Gasteiger partial charge is 0.317 e. The van der Waals surface area contributed by atoms with E-state index in [4.69, 9.17) is 4.98 Å². The predicted octanol–water partition coefficient (Wildman–Crippen LogP) is 3.96. The number of thioether (sulfide) groups is 1. The van der Waals surface area contributed by atoms with Crippen LogP contribution in [0.2, 0.25) is 0 Å². The fraction of sp³-hybridized carbons (Fsp3) is 0.562. The molecule has 1 aliphatic rings. The van der Waals surface area contributed by atoms with Gasteiger partial charge in [0.05, 0.1) is 15.2 Å². The zero-order chi connectivity index (χ0) is 13.8. The van der Waals surface area contributed by atoms with Crippen molar-refractivity contribution in [2.75, 3.05) is 18.6 Å². The Hall–Kier alpha value is -0.580. The lowest BCUT2D eigenvalue weighted by Crippen LogP contribution is -2.31. The molecule has 0 spiro atoms. The lowest BCUT2D eigenvalue weighted by molar-refractivity contribution is 0.376. The van der Waals surface area contributed by atoms with E-state index >= 15 is 0 Å². The van der Waals surface area contributed by atoms with Crippen molar-refractivity contribution in [3.05, 3.63) is 29.3 Å². The minimum absolute atomic E-state index is 0.573. The van der Waals surface area contributed by atoms with Crippen molar-refractivity contribution in [3.8, 4) is 0 Å². The summed E-state index contributed by atoms with van der Waals surface area (Å²) in [5.41, 5.74) is 1.15. The molecular formula is C16H22N2S2. The van der Waals surface area contributed by atoms with E-state index in [0.29, 0.717) is 6.04 Å². The first-order valence-corrected chi connectivity index (χ1v) is 9.41. The van der Waals surface area contributed by atoms with Crippen molar-refractivity contribution >= 4 is 33.3 Å². The molecule has 0 amide bonds. The van der Waals surface area contributed by atoms with E-state index in [2.05, 4.69) is 48.4 Å². The fourth-order valence-electron chi connectivity index (χ4n) is 2.91. The molecule has 1 N–H and O–H groups in total. The molecule has 2 aromatic rings. The van der Waals surface area contributed by atoms with Gasteiger partial charge in [0.25, 0.3) is 0 Å². The molecule has 20 heavy (non-hydrogen) atoms. The number of nitrogens with one attached hydrogen (secondary N) is 1. The number of para-hydroxylation sites is 1. The summed E-state index contributed by atoms with van der Waals surface area (Å²) < 4.78 is 1.31. The SMILES string of the molecule is CNC(Cc1nc2ccccc2s1)CC1CCSCC1. The molecule has 0 bridgehead atoms. The zero-order valence-corrected chi connectivity index (χ0v) is 13.6. The van der Waals surface area contributed by atoms with Gasteiger partial charge >= 0.3 is 0 Å². The maximum absolute atomic E-state index is 4.77. The van der Waals surface area contributed by atoms with Gasteiger partial charge in [-0.1, -0.05) is 12.1 Å². The van der Waals surface area contributed by atoms with Gasteiger partial charge in [0.15, 0.2) is 0 Å². The average molecular weight is 307 g/mol. The predicted molar refractivity (Wildman–Crippen MR) is 90.8 cm³/mol. The Morgan fingerprint density at radius 3 is 2.85 bits per heavy atom. The number of nitrogens with zero attached hydrogens (tertiary/aromatic N) is 1. The number of likely N-dealkylation sites (N-methyl/N-ethyl adjacent to an activating group) is 1. The Bertz CT molecular complexity index is 513. The van der Waals surface area contributed by atoms with Crippen LogP contribution in [0, 0.1) is 5.92 Å². The molecule has 0 radical (unpaired) electrons. The number of hydrogen-bond donors (Lipinski definition) is 1. The van der Waals surface area contributed by atoms with Gasteiger partial charge in [-0.2, -0.15) is 11.8 Å². The lowest BCUT2D eigenvalue weighted by atomic mass is 9.93. The molecule has 0 aliphatic carbocycles. The van der Waals surface area contributed by atoms with Crippen LogP contribution >= 0.6 is 23.1 Å². The van der Waals surface area contributed by atoms with Crippen molar-refractivity contribution in [1.82, 2.24) is 10.3 Å². The second kappa shape index (κ2) is 6.92. The molecule has 2 nitrogen and oxygen atoms in total. The van der Waals surface area contributed by atoms with Crippen molar-refractivity contribution < 1.29 is 0 Å².